The molecule has 1 heterocycles. The fraction of sp³-hybridized carbons (Fsp3) is 0.0435. The van der Waals surface area contributed by atoms with Crippen LogP contribution in [-0.4, -0.2) is 9.67 Å². The van der Waals surface area contributed by atoms with Crippen LogP contribution in [0.1, 0.15) is 5.56 Å². The van der Waals surface area contributed by atoms with Gasteiger partial charge in [-0.3, -0.25) is 0 Å². The second-order valence-electron chi connectivity index (χ2n) is 6.29. The van der Waals surface area contributed by atoms with Crippen molar-refractivity contribution in [2.75, 3.05) is 0 Å². The number of hydrogen-bond acceptors (Lipinski definition) is 2. The van der Waals surface area contributed by atoms with Crippen LogP contribution in [0.3, 0.4) is 0 Å². The topological polar surface area (TPSA) is 46.1 Å². The summed E-state index contributed by atoms with van der Waals surface area (Å²) in [6, 6.07) is 28.7. The van der Waals surface area contributed by atoms with Crippen LogP contribution < -0.4 is 10.1 Å². The molecule has 0 unspecified atom stereocenters. The Morgan fingerprint density at radius 3 is 1.89 bits per heavy atom. The highest BCUT2D eigenvalue weighted by Gasteiger charge is 2.29. The van der Waals surface area contributed by atoms with Crippen LogP contribution in [-0.2, 0) is 0 Å². The van der Waals surface area contributed by atoms with E-state index in [4.69, 9.17) is 0 Å². The van der Waals surface area contributed by atoms with Gasteiger partial charge in [-0.1, -0.05) is 54.6 Å². The van der Waals surface area contributed by atoms with Crippen LogP contribution in [0.4, 0.5) is 0 Å². The van der Waals surface area contributed by atoms with Crippen LogP contribution in [0.25, 0.3) is 22.8 Å². The molecule has 4 rings (SSSR count). The first-order valence-corrected chi connectivity index (χ1v) is 8.75. The maximum Gasteiger partial charge on any atom is 0.349 e. The summed E-state index contributed by atoms with van der Waals surface area (Å²) in [5.41, 5.74) is 2.40. The zero-order valence-electron chi connectivity index (χ0n) is 14.9. The number of aromatic hydroxyl groups is 1. The molecule has 3 aromatic carbocycles. The van der Waals surface area contributed by atoms with Gasteiger partial charge in [0.15, 0.2) is 0 Å². The van der Waals surface area contributed by atoms with E-state index in [0.29, 0.717) is 11.4 Å². The Bertz CT molecular complexity index is 1140. The highest BCUT2D eigenvalue weighted by Crippen LogP contribution is 2.23. The van der Waals surface area contributed by atoms with Crippen LogP contribution in [0, 0.1) is 6.92 Å². The zero-order valence-corrected chi connectivity index (χ0v) is 14.9. The molecule has 132 valence electrons. The van der Waals surface area contributed by atoms with E-state index in [1.54, 1.807) is 16.1 Å². The number of para-hydroxylation sites is 2. The molecule has 1 aromatic heterocycles. The van der Waals surface area contributed by atoms with Crippen LogP contribution in [0.2, 0.25) is 0 Å². The average molecular weight is 355 g/mol. The van der Waals surface area contributed by atoms with Gasteiger partial charge in [-0.25, -0.2) is 4.79 Å². The first-order chi connectivity index (χ1) is 13.2. The number of aromatic nitrogens is 2. The summed E-state index contributed by atoms with van der Waals surface area (Å²) in [6.07, 6.45) is 0. The van der Waals surface area contributed by atoms with Crippen molar-refractivity contribution < 1.29 is 9.67 Å². The SMILES string of the molecule is Cc1c(O)[n+](-c2ccccc2)c(-c2ccccc2)n(-c2ccccc2)c1=O. The highest BCUT2D eigenvalue weighted by atomic mass is 16.3. The maximum atomic E-state index is 13.2. The number of hydrogen-bond donors (Lipinski definition) is 1. The highest BCUT2D eigenvalue weighted by molar-refractivity contribution is 5.57. The summed E-state index contributed by atoms with van der Waals surface area (Å²) in [5, 5.41) is 10.9. The molecule has 1 N–H and O–H groups in total. The summed E-state index contributed by atoms with van der Waals surface area (Å²) >= 11 is 0. The van der Waals surface area contributed by atoms with E-state index < -0.39 is 0 Å². The molecule has 0 spiro atoms. The molecule has 0 bridgehead atoms. The van der Waals surface area contributed by atoms with Gasteiger partial charge >= 0.3 is 11.4 Å². The van der Waals surface area contributed by atoms with Crippen molar-refractivity contribution in [1.29, 1.82) is 0 Å². The van der Waals surface area contributed by atoms with Crippen molar-refractivity contribution >= 4 is 0 Å². The standard InChI is InChI=1S/C23H18N2O2/c1-17-22(26)24(19-13-7-3-8-14-19)21(18-11-5-2-6-12-18)25(23(17)27)20-15-9-4-10-16-20/h2-16H,1H3/p+1. The van der Waals surface area contributed by atoms with E-state index in [1.165, 1.54) is 0 Å². The Labute approximate surface area is 157 Å². The Balaban J connectivity index is 2.20. The predicted octanol–water partition coefficient (Wildman–Crippen LogP) is 3.80. The number of nitrogens with zero attached hydrogens (tertiary/aromatic N) is 2. The van der Waals surface area contributed by atoms with Crippen molar-refractivity contribution in [3.05, 3.63) is 107 Å². The van der Waals surface area contributed by atoms with E-state index in [9.17, 15) is 9.90 Å². The fourth-order valence-electron chi connectivity index (χ4n) is 3.21. The molecule has 0 saturated heterocycles. The number of benzene rings is 3. The summed E-state index contributed by atoms with van der Waals surface area (Å²) in [7, 11) is 0. The molecule has 4 aromatic rings. The average Bonchev–Trinajstić information content (AvgIpc) is 2.73. The molecule has 0 aliphatic carbocycles. The van der Waals surface area contributed by atoms with Gasteiger partial charge in [-0.2, -0.15) is 9.13 Å². The normalized spacial score (nSPS) is 10.7. The summed E-state index contributed by atoms with van der Waals surface area (Å²) in [6.45, 7) is 1.64. The molecular formula is C23H19N2O2+. The Morgan fingerprint density at radius 1 is 0.778 bits per heavy atom. The van der Waals surface area contributed by atoms with Gasteiger partial charge in [0.1, 0.15) is 16.9 Å². The lowest BCUT2D eigenvalue weighted by Gasteiger charge is -2.14. The van der Waals surface area contributed by atoms with Gasteiger partial charge in [-0.15, -0.1) is 0 Å². The third-order valence-corrected chi connectivity index (χ3v) is 4.56. The van der Waals surface area contributed by atoms with Crippen molar-refractivity contribution in [3.63, 3.8) is 0 Å². The van der Waals surface area contributed by atoms with Gasteiger partial charge in [0.25, 0.3) is 5.88 Å². The zero-order chi connectivity index (χ0) is 18.8. The van der Waals surface area contributed by atoms with Crippen LogP contribution in [0.5, 0.6) is 5.88 Å². The maximum absolute atomic E-state index is 13.2. The molecule has 27 heavy (non-hydrogen) atoms. The third-order valence-electron chi connectivity index (χ3n) is 4.56. The summed E-state index contributed by atoms with van der Waals surface area (Å²) in [5.74, 6) is 0.540. The quantitative estimate of drug-likeness (QED) is 0.568. The minimum atomic E-state index is -0.246. The lowest BCUT2D eigenvalue weighted by Crippen LogP contribution is -2.42. The molecule has 0 fully saturated rings. The van der Waals surface area contributed by atoms with Gasteiger partial charge in [0.05, 0.1) is 5.56 Å². The van der Waals surface area contributed by atoms with E-state index in [1.807, 2.05) is 91.0 Å². The molecule has 0 atom stereocenters. The number of rotatable bonds is 3. The molecule has 0 radical (unpaired) electrons. The molecule has 4 nitrogen and oxygen atoms in total. The van der Waals surface area contributed by atoms with Gasteiger partial charge in [0.2, 0.25) is 0 Å². The molecule has 0 saturated carbocycles. The van der Waals surface area contributed by atoms with E-state index in [0.717, 1.165) is 16.9 Å². The Morgan fingerprint density at radius 2 is 1.30 bits per heavy atom. The van der Waals surface area contributed by atoms with Gasteiger partial charge in [0, 0.05) is 0 Å². The van der Waals surface area contributed by atoms with E-state index >= 15 is 0 Å². The van der Waals surface area contributed by atoms with E-state index in [-0.39, 0.29) is 11.4 Å². The molecule has 4 heteroatoms. The lowest BCUT2D eigenvalue weighted by molar-refractivity contribution is -0.597. The minimum Gasteiger partial charge on any atom is -0.477 e. The first-order valence-electron chi connectivity index (χ1n) is 8.75. The van der Waals surface area contributed by atoms with E-state index in [2.05, 4.69) is 0 Å². The molecular weight excluding hydrogens is 336 g/mol. The lowest BCUT2D eigenvalue weighted by atomic mass is 10.1. The molecule has 0 aliphatic heterocycles. The van der Waals surface area contributed by atoms with Crippen LogP contribution >= 0.6 is 0 Å². The Kier molecular flexibility index (Phi) is 4.30. The second kappa shape index (κ2) is 6.92. The van der Waals surface area contributed by atoms with Crippen molar-refractivity contribution in [2.24, 2.45) is 0 Å². The smallest absolute Gasteiger partial charge is 0.349 e. The second-order valence-corrected chi connectivity index (χ2v) is 6.29. The Hall–Kier alpha value is -3.66. The van der Waals surface area contributed by atoms with Gasteiger partial charge < -0.3 is 5.11 Å². The fourth-order valence-corrected chi connectivity index (χ4v) is 3.21. The third kappa shape index (κ3) is 2.91. The van der Waals surface area contributed by atoms with Crippen molar-refractivity contribution in [1.82, 2.24) is 4.57 Å². The summed E-state index contributed by atoms with van der Waals surface area (Å²) in [4.78, 5) is 13.2. The van der Waals surface area contributed by atoms with Crippen molar-refractivity contribution in [3.8, 4) is 28.6 Å². The van der Waals surface area contributed by atoms with Gasteiger partial charge in [-0.05, 0) is 43.3 Å². The largest absolute Gasteiger partial charge is 0.477 e. The van der Waals surface area contributed by atoms with Crippen molar-refractivity contribution in [2.45, 2.75) is 6.92 Å². The monoisotopic (exact) mass is 355 g/mol. The molecule has 0 aliphatic rings. The molecule has 0 amide bonds. The van der Waals surface area contributed by atoms with Crippen LogP contribution in [0.15, 0.2) is 95.8 Å². The first kappa shape index (κ1) is 16.8. The predicted molar refractivity (Wildman–Crippen MR) is 105 cm³/mol. The summed E-state index contributed by atoms with van der Waals surface area (Å²) < 4.78 is 3.37. The minimum absolute atomic E-state index is 0.0581.